The molecule has 0 saturated carbocycles. The Morgan fingerprint density at radius 1 is 1.19 bits per heavy atom. The van der Waals surface area contributed by atoms with Gasteiger partial charge in [-0.05, 0) is 60.8 Å². The molecule has 0 bridgehead atoms. The molecule has 6 nitrogen and oxygen atoms in total. The molecule has 1 aliphatic carbocycles. The van der Waals surface area contributed by atoms with Crippen molar-refractivity contribution in [1.82, 2.24) is 0 Å². The van der Waals surface area contributed by atoms with Crippen LogP contribution < -0.4 is 14.8 Å². The molecule has 0 aliphatic heterocycles. The third-order valence-corrected chi connectivity index (χ3v) is 6.98. The topological polar surface area (TPSA) is 73.9 Å². The fourth-order valence-corrected chi connectivity index (χ4v) is 5.26. The molecule has 168 valence electrons. The van der Waals surface area contributed by atoms with E-state index in [2.05, 4.69) is 26.1 Å². The number of nitrogens with one attached hydrogen (secondary N) is 1. The number of anilines is 1. The maximum Gasteiger partial charge on any atom is 0.341 e. The first-order chi connectivity index (χ1) is 14.6. The van der Waals surface area contributed by atoms with Crippen LogP contribution in [0.25, 0.3) is 0 Å². The van der Waals surface area contributed by atoms with Crippen LogP contribution in [-0.2, 0) is 22.4 Å². The molecular formula is C24H31NO5S. The van der Waals surface area contributed by atoms with Crippen molar-refractivity contribution in [2.24, 2.45) is 11.3 Å². The zero-order valence-electron chi connectivity index (χ0n) is 19.1. The molecule has 1 aromatic carbocycles. The van der Waals surface area contributed by atoms with Crippen molar-refractivity contribution in [3.05, 3.63) is 39.8 Å². The highest BCUT2D eigenvalue weighted by molar-refractivity contribution is 7.17. The van der Waals surface area contributed by atoms with Gasteiger partial charge in [0.2, 0.25) is 0 Å². The molecule has 1 amide bonds. The molecule has 1 heterocycles. The first kappa shape index (κ1) is 23.1. The van der Waals surface area contributed by atoms with Gasteiger partial charge in [-0.3, -0.25) is 4.79 Å². The van der Waals surface area contributed by atoms with Crippen LogP contribution in [0.4, 0.5) is 5.00 Å². The maximum atomic E-state index is 12.6. The number of ether oxygens (including phenoxy) is 3. The van der Waals surface area contributed by atoms with E-state index in [1.807, 2.05) is 19.1 Å². The second-order valence-electron chi connectivity index (χ2n) is 9.00. The number of benzene rings is 1. The molecule has 7 heteroatoms. The van der Waals surface area contributed by atoms with Gasteiger partial charge in [0.05, 0.1) is 19.8 Å². The van der Waals surface area contributed by atoms with E-state index in [-0.39, 0.29) is 17.9 Å². The summed E-state index contributed by atoms with van der Waals surface area (Å²) in [4.78, 5) is 26.3. The minimum Gasteiger partial charge on any atom is -0.493 e. The van der Waals surface area contributed by atoms with E-state index in [1.54, 1.807) is 13.2 Å². The minimum atomic E-state index is -0.414. The smallest absolute Gasteiger partial charge is 0.341 e. The molecule has 3 rings (SSSR count). The second kappa shape index (κ2) is 9.30. The number of hydrogen-bond donors (Lipinski definition) is 1. The largest absolute Gasteiger partial charge is 0.493 e. The normalized spacial score (nSPS) is 15.7. The Labute approximate surface area is 187 Å². The van der Waals surface area contributed by atoms with Gasteiger partial charge in [-0.2, -0.15) is 0 Å². The number of rotatable bonds is 6. The van der Waals surface area contributed by atoms with Gasteiger partial charge >= 0.3 is 5.97 Å². The molecule has 2 aromatic rings. The van der Waals surface area contributed by atoms with Crippen molar-refractivity contribution in [2.45, 2.75) is 47.0 Å². The van der Waals surface area contributed by atoms with Crippen LogP contribution in [0.1, 0.15) is 53.6 Å². The second-order valence-corrected chi connectivity index (χ2v) is 10.1. The third-order valence-electron chi connectivity index (χ3n) is 5.81. The van der Waals surface area contributed by atoms with Gasteiger partial charge in [0, 0.05) is 4.88 Å². The number of methoxy groups -OCH3 is 2. The van der Waals surface area contributed by atoms with E-state index in [9.17, 15) is 9.59 Å². The summed E-state index contributed by atoms with van der Waals surface area (Å²) in [5, 5.41) is 3.41. The zero-order valence-corrected chi connectivity index (χ0v) is 19.9. The van der Waals surface area contributed by atoms with E-state index in [0.717, 1.165) is 35.3 Å². The monoisotopic (exact) mass is 445 g/mol. The number of fused-ring (bicyclic) bond motifs is 1. The van der Waals surface area contributed by atoms with Crippen LogP contribution in [0, 0.1) is 18.3 Å². The quantitative estimate of drug-likeness (QED) is 0.632. The predicted octanol–water partition coefficient (Wildman–Crippen LogP) is 5.02. The summed E-state index contributed by atoms with van der Waals surface area (Å²) >= 11 is 1.47. The van der Waals surface area contributed by atoms with Gasteiger partial charge in [-0.25, -0.2) is 4.79 Å². The summed E-state index contributed by atoms with van der Waals surface area (Å²) in [6, 6.07) is 5.52. The highest BCUT2D eigenvalue weighted by atomic mass is 32.1. The highest BCUT2D eigenvalue weighted by Gasteiger charge is 2.34. The first-order valence-corrected chi connectivity index (χ1v) is 11.3. The number of thiophene rings is 1. The fourth-order valence-electron chi connectivity index (χ4n) is 3.93. The lowest BCUT2D eigenvalue weighted by Crippen LogP contribution is -2.26. The summed E-state index contributed by atoms with van der Waals surface area (Å²) in [7, 11) is 2.93. The van der Waals surface area contributed by atoms with E-state index >= 15 is 0 Å². The SMILES string of the molecule is COC(=O)c1c(NC(=O)COc2ccc(C)cc2OC)sc2c1CCC(C(C)(C)C)C2. The lowest BCUT2D eigenvalue weighted by atomic mass is 9.72. The number of hydrogen-bond acceptors (Lipinski definition) is 6. The van der Waals surface area contributed by atoms with Crippen molar-refractivity contribution in [3.8, 4) is 11.5 Å². The molecule has 0 radical (unpaired) electrons. The van der Waals surface area contributed by atoms with E-state index in [1.165, 1.54) is 18.4 Å². The Hall–Kier alpha value is -2.54. The number of amides is 1. The lowest BCUT2D eigenvalue weighted by Gasteiger charge is -2.33. The van der Waals surface area contributed by atoms with Crippen LogP contribution in [0.3, 0.4) is 0 Å². The van der Waals surface area contributed by atoms with Gasteiger partial charge in [-0.15, -0.1) is 11.3 Å². The standard InChI is InChI=1S/C24H31NO5S/c1-14-7-10-17(18(11-14)28-5)30-13-20(26)25-22-21(23(27)29-6)16-9-8-15(24(2,3)4)12-19(16)31-22/h7,10-11,15H,8-9,12-13H2,1-6H3,(H,25,26). The van der Waals surface area contributed by atoms with Crippen molar-refractivity contribution in [3.63, 3.8) is 0 Å². The summed E-state index contributed by atoms with van der Waals surface area (Å²) in [5.41, 5.74) is 2.72. The summed E-state index contributed by atoms with van der Waals surface area (Å²) in [6.07, 6.45) is 2.73. The number of carbonyl (C=O) groups excluding carboxylic acids is 2. The van der Waals surface area contributed by atoms with Crippen LogP contribution >= 0.6 is 11.3 Å². The van der Waals surface area contributed by atoms with Crippen LogP contribution in [-0.4, -0.2) is 32.7 Å². The molecule has 0 saturated heterocycles. The van der Waals surface area contributed by atoms with Crippen LogP contribution in [0.2, 0.25) is 0 Å². The number of carbonyl (C=O) groups is 2. The van der Waals surface area contributed by atoms with Gasteiger partial charge in [0.15, 0.2) is 18.1 Å². The van der Waals surface area contributed by atoms with Crippen LogP contribution in [0.5, 0.6) is 11.5 Å². The Kier molecular flexibility index (Phi) is 6.94. The van der Waals surface area contributed by atoms with Gasteiger partial charge in [0.1, 0.15) is 5.00 Å². The number of aryl methyl sites for hydroxylation is 1. The Bertz CT molecular complexity index is 973. The van der Waals surface area contributed by atoms with Crippen LogP contribution in [0.15, 0.2) is 18.2 Å². The zero-order chi connectivity index (χ0) is 22.8. The average molecular weight is 446 g/mol. The third kappa shape index (κ3) is 5.21. The summed E-state index contributed by atoms with van der Waals surface area (Å²) in [6.45, 7) is 8.51. The molecule has 1 atom stereocenters. The minimum absolute atomic E-state index is 0.187. The number of esters is 1. The Balaban J connectivity index is 1.77. The Morgan fingerprint density at radius 2 is 1.94 bits per heavy atom. The average Bonchev–Trinajstić information content (AvgIpc) is 3.08. The first-order valence-electron chi connectivity index (χ1n) is 10.4. The molecule has 1 aromatic heterocycles. The molecule has 1 aliphatic rings. The highest BCUT2D eigenvalue weighted by Crippen LogP contribution is 2.44. The molecule has 0 fully saturated rings. The van der Waals surface area contributed by atoms with Gasteiger partial charge in [-0.1, -0.05) is 26.8 Å². The van der Waals surface area contributed by atoms with Crippen molar-refractivity contribution >= 4 is 28.2 Å². The summed E-state index contributed by atoms with van der Waals surface area (Å²) < 4.78 is 16.0. The van der Waals surface area contributed by atoms with Gasteiger partial charge in [0.25, 0.3) is 5.91 Å². The summed E-state index contributed by atoms with van der Waals surface area (Å²) in [5.74, 6) is 0.852. The van der Waals surface area contributed by atoms with E-state index < -0.39 is 5.97 Å². The lowest BCUT2D eigenvalue weighted by molar-refractivity contribution is -0.118. The fraction of sp³-hybridized carbons (Fsp3) is 0.500. The van der Waals surface area contributed by atoms with Crippen molar-refractivity contribution in [1.29, 1.82) is 0 Å². The van der Waals surface area contributed by atoms with Crippen molar-refractivity contribution in [2.75, 3.05) is 26.1 Å². The maximum absolute atomic E-state index is 12.6. The van der Waals surface area contributed by atoms with Crippen molar-refractivity contribution < 1.29 is 23.8 Å². The molecule has 0 spiro atoms. The molecule has 1 unspecified atom stereocenters. The van der Waals surface area contributed by atoms with Gasteiger partial charge < -0.3 is 19.5 Å². The Morgan fingerprint density at radius 3 is 2.58 bits per heavy atom. The molecule has 1 N–H and O–H groups in total. The molecule has 31 heavy (non-hydrogen) atoms. The van der Waals surface area contributed by atoms with E-state index in [0.29, 0.717) is 28.0 Å². The predicted molar refractivity (Wildman–Crippen MR) is 122 cm³/mol. The van der Waals surface area contributed by atoms with E-state index in [4.69, 9.17) is 14.2 Å². The molecular weight excluding hydrogens is 414 g/mol.